The van der Waals surface area contributed by atoms with Gasteiger partial charge in [0.2, 0.25) is 5.12 Å². The number of ether oxygens (including phenoxy) is 1. The molecular weight excluding hydrogens is 416 g/mol. The highest BCUT2D eigenvalue weighted by atomic mass is 35.5. The van der Waals surface area contributed by atoms with E-state index in [9.17, 15) is 9.59 Å². The van der Waals surface area contributed by atoms with Crippen molar-refractivity contribution < 1.29 is 14.3 Å². The van der Waals surface area contributed by atoms with E-state index in [1.165, 1.54) is 55.9 Å². The number of methoxy groups -OCH3 is 1. The number of hydrogen-bond acceptors (Lipinski definition) is 4. The number of benzene rings is 2. The van der Waals surface area contributed by atoms with Gasteiger partial charge in [0, 0.05) is 21.6 Å². The third kappa shape index (κ3) is 3.58. The van der Waals surface area contributed by atoms with E-state index >= 15 is 0 Å². The van der Waals surface area contributed by atoms with E-state index in [-0.39, 0.29) is 10.5 Å². The van der Waals surface area contributed by atoms with Crippen LogP contribution in [0.4, 0.5) is 0 Å². The minimum absolute atomic E-state index is 0.00795. The maximum atomic E-state index is 13.0. The average molecular weight is 441 g/mol. The van der Waals surface area contributed by atoms with Crippen LogP contribution in [0.5, 0.6) is 5.75 Å². The van der Waals surface area contributed by atoms with Crippen molar-refractivity contribution in [3.63, 3.8) is 0 Å². The van der Waals surface area contributed by atoms with Crippen LogP contribution >= 0.6 is 23.4 Å². The first kappa shape index (κ1) is 20.1. The van der Waals surface area contributed by atoms with Crippen LogP contribution in [-0.4, -0.2) is 17.5 Å². The molecule has 4 aliphatic rings. The fourth-order valence-corrected chi connectivity index (χ4v) is 7.37. The Morgan fingerprint density at radius 3 is 2.03 bits per heavy atom. The second kappa shape index (κ2) is 7.72. The number of carbonyl (C=O) groups is 2. The van der Waals surface area contributed by atoms with Gasteiger partial charge in [-0.2, -0.15) is 0 Å². The SMILES string of the molecule is COc1ccc(C(=O)Sc2ccc(C(=O)Cl)cc2)cc1C12CC3CC(CC(C3)C1)C2. The van der Waals surface area contributed by atoms with Crippen molar-refractivity contribution in [1.29, 1.82) is 0 Å². The Hall–Kier alpha value is -1.78. The quantitative estimate of drug-likeness (QED) is 0.394. The van der Waals surface area contributed by atoms with E-state index < -0.39 is 5.24 Å². The third-order valence-corrected chi connectivity index (χ3v) is 8.48. The standard InChI is InChI=1S/C25H25ClO3S/c1-29-22-7-4-19(24(28)30-20-5-2-18(3-6-20)23(26)27)11-21(22)25-12-15-8-16(13-25)10-17(9-15)14-25/h2-7,11,15-17H,8-10,12-14H2,1H3. The molecule has 0 aliphatic heterocycles. The average Bonchev–Trinajstić information content (AvgIpc) is 2.72. The zero-order chi connectivity index (χ0) is 20.9. The molecule has 0 N–H and O–H groups in total. The fourth-order valence-electron chi connectivity index (χ4n) is 6.51. The van der Waals surface area contributed by atoms with Crippen molar-refractivity contribution >= 4 is 33.7 Å². The molecule has 2 aromatic carbocycles. The van der Waals surface area contributed by atoms with Crippen molar-refractivity contribution in [2.45, 2.75) is 48.8 Å². The Kier molecular flexibility index (Phi) is 5.19. The Bertz CT molecular complexity index is 963. The highest BCUT2D eigenvalue weighted by molar-refractivity contribution is 8.14. The van der Waals surface area contributed by atoms with Crippen molar-refractivity contribution in [3.8, 4) is 5.75 Å². The van der Waals surface area contributed by atoms with Gasteiger partial charge in [-0.3, -0.25) is 9.59 Å². The van der Waals surface area contributed by atoms with E-state index in [4.69, 9.17) is 16.3 Å². The molecule has 2 aromatic rings. The van der Waals surface area contributed by atoms with Crippen molar-refractivity contribution in [2.75, 3.05) is 7.11 Å². The van der Waals surface area contributed by atoms with Crippen LogP contribution < -0.4 is 4.74 Å². The molecule has 0 aromatic heterocycles. The summed E-state index contributed by atoms with van der Waals surface area (Å²) in [6.45, 7) is 0. The van der Waals surface area contributed by atoms with Gasteiger partial charge in [-0.15, -0.1) is 0 Å². The Morgan fingerprint density at radius 1 is 0.933 bits per heavy atom. The van der Waals surface area contributed by atoms with E-state index in [2.05, 4.69) is 6.07 Å². The molecule has 0 spiro atoms. The second-order valence-corrected chi connectivity index (χ2v) is 10.7. The van der Waals surface area contributed by atoms with Gasteiger partial charge in [0.25, 0.3) is 5.24 Å². The molecule has 4 saturated carbocycles. The largest absolute Gasteiger partial charge is 0.496 e. The van der Waals surface area contributed by atoms with Crippen LogP contribution in [0.2, 0.25) is 0 Å². The number of rotatable bonds is 5. The molecule has 4 bridgehead atoms. The monoisotopic (exact) mass is 440 g/mol. The van der Waals surface area contributed by atoms with E-state index in [0.717, 1.165) is 28.4 Å². The Balaban J connectivity index is 1.43. The van der Waals surface area contributed by atoms with Crippen LogP contribution in [-0.2, 0) is 5.41 Å². The molecule has 0 amide bonds. The van der Waals surface area contributed by atoms with Crippen molar-refractivity contribution in [3.05, 3.63) is 59.2 Å². The summed E-state index contributed by atoms with van der Waals surface area (Å²) in [7, 11) is 1.73. The molecule has 30 heavy (non-hydrogen) atoms. The van der Waals surface area contributed by atoms with Crippen LogP contribution in [0.1, 0.15) is 64.8 Å². The van der Waals surface area contributed by atoms with E-state index in [0.29, 0.717) is 11.1 Å². The maximum absolute atomic E-state index is 13.0. The minimum atomic E-state index is -0.492. The first-order valence-electron chi connectivity index (χ1n) is 10.7. The molecule has 5 heteroatoms. The predicted octanol–water partition coefficient (Wildman–Crippen LogP) is 6.47. The Labute approximate surface area is 186 Å². The van der Waals surface area contributed by atoms with Gasteiger partial charge < -0.3 is 4.74 Å². The van der Waals surface area contributed by atoms with Crippen molar-refractivity contribution in [1.82, 2.24) is 0 Å². The zero-order valence-electron chi connectivity index (χ0n) is 17.0. The lowest BCUT2D eigenvalue weighted by Gasteiger charge is -2.57. The van der Waals surface area contributed by atoms with E-state index in [1.807, 2.05) is 12.1 Å². The molecule has 4 aliphatic carbocycles. The smallest absolute Gasteiger partial charge is 0.252 e. The summed E-state index contributed by atoms with van der Waals surface area (Å²) in [4.78, 5) is 25.1. The van der Waals surface area contributed by atoms with Crippen LogP contribution in [0.15, 0.2) is 47.4 Å². The van der Waals surface area contributed by atoms with Crippen LogP contribution in [0.3, 0.4) is 0 Å². The summed E-state index contributed by atoms with van der Waals surface area (Å²) in [5, 5.41) is -0.484. The number of halogens is 1. The highest BCUT2D eigenvalue weighted by Gasteiger charge is 2.52. The van der Waals surface area contributed by atoms with Crippen molar-refractivity contribution in [2.24, 2.45) is 17.8 Å². The van der Waals surface area contributed by atoms with Crippen LogP contribution in [0, 0.1) is 17.8 Å². The predicted molar refractivity (Wildman–Crippen MR) is 120 cm³/mol. The molecule has 0 atom stereocenters. The molecule has 0 unspecified atom stereocenters. The molecule has 0 saturated heterocycles. The van der Waals surface area contributed by atoms with Crippen LogP contribution in [0.25, 0.3) is 0 Å². The lowest BCUT2D eigenvalue weighted by molar-refractivity contribution is -0.00617. The number of thioether (sulfide) groups is 1. The number of hydrogen-bond donors (Lipinski definition) is 0. The summed E-state index contributed by atoms with van der Waals surface area (Å²) >= 11 is 6.69. The van der Waals surface area contributed by atoms with Gasteiger partial charge in [-0.1, -0.05) is 0 Å². The summed E-state index contributed by atoms with van der Waals surface area (Å²) in [5.41, 5.74) is 2.55. The van der Waals surface area contributed by atoms with Gasteiger partial charge in [0.15, 0.2) is 0 Å². The van der Waals surface area contributed by atoms with Gasteiger partial charge in [-0.25, -0.2) is 0 Å². The van der Waals surface area contributed by atoms with Gasteiger partial charge in [0.1, 0.15) is 5.75 Å². The molecule has 156 valence electrons. The summed E-state index contributed by atoms with van der Waals surface area (Å²) in [6, 6.07) is 12.8. The molecule has 4 fully saturated rings. The number of carbonyl (C=O) groups excluding carboxylic acids is 2. The van der Waals surface area contributed by atoms with Gasteiger partial charge >= 0.3 is 0 Å². The second-order valence-electron chi connectivity index (χ2n) is 9.30. The topological polar surface area (TPSA) is 43.4 Å². The molecule has 0 radical (unpaired) electrons. The molecule has 3 nitrogen and oxygen atoms in total. The van der Waals surface area contributed by atoms with Gasteiger partial charge in [0.05, 0.1) is 7.11 Å². The summed E-state index contributed by atoms with van der Waals surface area (Å²) < 4.78 is 5.76. The lowest BCUT2D eigenvalue weighted by Crippen LogP contribution is -2.48. The molecule has 0 heterocycles. The first-order valence-corrected chi connectivity index (χ1v) is 11.9. The summed E-state index contributed by atoms with van der Waals surface area (Å²) in [6.07, 6.45) is 7.85. The first-order chi connectivity index (χ1) is 14.5. The van der Waals surface area contributed by atoms with Gasteiger partial charge in [-0.05, 0) is 128 Å². The fraction of sp³-hybridized carbons (Fsp3) is 0.440. The molecule has 6 rings (SSSR count). The summed E-state index contributed by atoms with van der Waals surface area (Å²) in [5.74, 6) is 3.41. The van der Waals surface area contributed by atoms with E-state index in [1.54, 1.807) is 31.4 Å². The maximum Gasteiger partial charge on any atom is 0.252 e. The Morgan fingerprint density at radius 2 is 1.50 bits per heavy atom. The highest BCUT2D eigenvalue weighted by Crippen LogP contribution is 2.62. The normalized spacial score (nSPS) is 29.1. The zero-order valence-corrected chi connectivity index (χ0v) is 18.6. The minimum Gasteiger partial charge on any atom is -0.496 e. The third-order valence-electron chi connectivity index (χ3n) is 7.34. The lowest BCUT2D eigenvalue weighted by atomic mass is 9.48. The molecular formula is C25H25ClO3S.